The second-order valence-corrected chi connectivity index (χ2v) is 6.89. The van der Waals surface area contributed by atoms with Crippen molar-refractivity contribution >= 4 is 17.8 Å². The van der Waals surface area contributed by atoms with Crippen LogP contribution in [0.25, 0.3) is 0 Å². The number of amides is 4. The summed E-state index contributed by atoms with van der Waals surface area (Å²) in [5.41, 5.74) is 1.14. The van der Waals surface area contributed by atoms with Crippen LogP contribution in [0.15, 0.2) is 30.3 Å². The molecule has 3 rings (SSSR count). The Balaban J connectivity index is 1.45. The Hall–Kier alpha value is -2.41. The van der Waals surface area contributed by atoms with E-state index in [1.54, 1.807) is 11.9 Å². The molecule has 2 aliphatic heterocycles. The first-order valence-corrected chi connectivity index (χ1v) is 8.95. The number of likely N-dealkylation sites (tertiary alicyclic amines) is 1. The molecule has 1 unspecified atom stereocenters. The van der Waals surface area contributed by atoms with E-state index < -0.39 is 6.04 Å². The average Bonchev–Trinajstić information content (AvgIpc) is 2.85. The Labute approximate surface area is 153 Å². The molecule has 0 bridgehead atoms. The van der Waals surface area contributed by atoms with Gasteiger partial charge < -0.3 is 14.5 Å². The number of ether oxygens (including phenoxy) is 1. The van der Waals surface area contributed by atoms with E-state index in [1.807, 2.05) is 30.3 Å². The third-order valence-electron chi connectivity index (χ3n) is 5.16. The van der Waals surface area contributed by atoms with Gasteiger partial charge in [-0.2, -0.15) is 0 Å². The number of carbonyl (C=O) groups is 3. The number of rotatable bonds is 5. The normalized spacial score (nSPS) is 21.6. The lowest BCUT2D eigenvalue weighted by Gasteiger charge is -2.32. The predicted molar refractivity (Wildman–Crippen MR) is 95.2 cm³/mol. The lowest BCUT2D eigenvalue weighted by molar-refractivity contribution is -0.138. The Morgan fingerprint density at radius 3 is 2.35 bits per heavy atom. The molecule has 1 atom stereocenters. The van der Waals surface area contributed by atoms with Crippen LogP contribution in [-0.4, -0.2) is 71.9 Å². The van der Waals surface area contributed by atoms with E-state index >= 15 is 0 Å². The van der Waals surface area contributed by atoms with Crippen molar-refractivity contribution in [3.63, 3.8) is 0 Å². The third kappa shape index (κ3) is 3.88. The molecular formula is C19H25N3O4. The van der Waals surface area contributed by atoms with Crippen LogP contribution < -0.4 is 0 Å². The molecular weight excluding hydrogens is 334 g/mol. The fourth-order valence-corrected chi connectivity index (χ4v) is 3.43. The van der Waals surface area contributed by atoms with E-state index in [2.05, 4.69) is 0 Å². The summed E-state index contributed by atoms with van der Waals surface area (Å²) < 4.78 is 5.94. The van der Waals surface area contributed by atoms with Gasteiger partial charge in [0.05, 0.1) is 19.1 Å². The van der Waals surface area contributed by atoms with Gasteiger partial charge in [-0.05, 0) is 18.4 Å². The molecule has 1 aromatic carbocycles. The summed E-state index contributed by atoms with van der Waals surface area (Å²) in [7, 11) is 3.01. The standard InChI is InChI=1S/C19H25N3O4/c1-20-16(18(24)21(2)19(20)25)12-17(23)22-10-8-15(9-11-22)26-13-14-6-4-3-5-7-14/h3-7,15-16H,8-13H2,1-2H3. The van der Waals surface area contributed by atoms with Crippen LogP contribution in [0.2, 0.25) is 0 Å². The molecule has 1 aromatic rings. The summed E-state index contributed by atoms with van der Waals surface area (Å²) in [6.45, 7) is 1.81. The molecule has 0 radical (unpaired) electrons. The predicted octanol–water partition coefficient (Wildman–Crippen LogP) is 1.48. The van der Waals surface area contributed by atoms with Crippen LogP contribution in [0.4, 0.5) is 4.79 Å². The van der Waals surface area contributed by atoms with Crippen molar-refractivity contribution in [2.45, 2.75) is 38.0 Å². The quantitative estimate of drug-likeness (QED) is 0.747. The van der Waals surface area contributed by atoms with Gasteiger partial charge in [0.25, 0.3) is 5.91 Å². The summed E-state index contributed by atoms with van der Waals surface area (Å²) in [6.07, 6.45) is 1.75. The molecule has 0 N–H and O–H groups in total. The van der Waals surface area contributed by atoms with Crippen molar-refractivity contribution in [2.24, 2.45) is 0 Å². The lowest BCUT2D eigenvalue weighted by atomic mass is 10.1. The zero-order chi connectivity index (χ0) is 18.7. The van der Waals surface area contributed by atoms with Crippen LogP contribution >= 0.6 is 0 Å². The van der Waals surface area contributed by atoms with Crippen molar-refractivity contribution in [3.8, 4) is 0 Å². The van der Waals surface area contributed by atoms with Crippen molar-refractivity contribution in [2.75, 3.05) is 27.2 Å². The first kappa shape index (κ1) is 18.4. The van der Waals surface area contributed by atoms with Gasteiger partial charge in [0.15, 0.2) is 0 Å². The Bertz CT molecular complexity index is 671. The molecule has 0 aliphatic carbocycles. The highest BCUT2D eigenvalue weighted by Crippen LogP contribution is 2.20. The fourth-order valence-electron chi connectivity index (χ4n) is 3.43. The number of hydrogen-bond acceptors (Lipinski definition) is 4. The smallest absolute Gasteiger partial charge is 0.326 e. The van der Waals surface area contributed by atoms with Crippen molar-refractivity contribution in [1.29, 1.82) is 0 Å². The van der Waals surface area contributed by atoms with Crippen LogP contribution in [0.5, 0.6) is 0 Å². The van der Waals surface area contributed by atoms with Gasteiger partial charge in [-0.25, -0.2) is 4.79 Å². The molecule has 2 heterocycles. The van der Waals surface area contributed by atoms with Crippen LogP contribution in [0.1, 0.15) is 24.8 Å². The van der Waals surface area contributed by atoms with Crippen molar-refractivity contribution < 1.29 is 19.1 Å². The van der Waals surface area contributed by atoms with Gasteiger partial charge in [0.1, 0.15) is 6.04 Å². The molecule has 140 valence electrons. The number of benzene rings is 1. The molecule has 2 aliphatic rings. The average molecular weight is 359 g/mol. The van der Waals surface area contributed by atoms with Crippen molar-refractivity contribution in [3.05, 3.63) is 35.9 Å². The minimum atomic E-state index is -0.688. The van der Waals surface area contributed by atoms with Crippen LogP contribution in [0, 0.1) is 0 Å². The number of imide groups is 1. The number of piperidine rings is 1. The Morgan fingerprint density at radius 2 is 1.77 bits per heavy atom. The summed E-state index contributed by atoms with van der Waals surface area (Å²) >= 11 is 0. The third-order valence-corrected chi connectivity index (χ3v) is 5.16. The number of hydrogen-bond donors (Lipinski definition) is 0. The van der Waals surface area contributed by atoms with Gasteiger partial charge >= 0.3 is 6.03 Å². The maximum atomic E-state index is 12.5. The monoisotopic (exact) mass is 359 g/mol. The summed E-state index contributed by atoms with van der Waals surface area (Å²) in [5, 5.41) is 0. The lowest BCUT2D eigenvalue weighted by Crippen LogP contribution is -2.44. The Morgan fingerprint density at radius 1 is 1.12 bits per heavy atom. The molecule has 2 fully saturated rings. The number of likely N-dealkylation sites (N-methyl/N-ethyl adjacent to an activating group) is 2. The molecule has 7 nitrogen and oxygen atoms in total. The Kier molecular flexibility index (Phi) is 5.56. The fraction of sp³-hybridized carbons (Fsp3) is 0.526. The summed E-state index contributed by atoms with van der Waals surface area (Å²) in [5.74, 6) is -0.397. The number of nitrogens with zero attached hydrogens (tertiary/aromatic N) is 3. The van der Waals surface area contributed by atoms with E-state index in [1.165, 1.54) is 11.9 Å². The second kappa shape index (κ2) is 7.86. The van der Waals surface area contributed by atoms with Gasteiger partial charge in [0, 0.05) is 27.2 Å². The highest BCUT2D eigenvalue weighted by molar-refractivity contribution is 6.05. The largest absolute Gasteiger partial charge is 0.373 e. The molecule has 2 saturated heterocycles. The minimum absolute atomic E-state index is 0.0426. The molecule has 0 aromatic heterocycles. The molecule has 0 saturated carbocycles. The van der Waals surface area contributed by atoms with Crippen LogP contribution in [0.3, 0.4) is 0 Å². The summed E-state index contributed by atoms with van der Waals surface area (Å²) in [6, 6.07) is 8.98. The zero-order valence-electron chi connectivity index (χ0n) is 15.3. The maximum Gasteiger partial charge on any atom is 0.326 e. The number of carbonyl (C=O) groups excluding carboxylic acids is 3. The van der Waals surface area contributed by atoms with E-state index in [9.17, 15) is 14.4 Å². The molecule has 0 spiro atoms. The van der Waals surface area contributed by atoms with Crippen molar-refractivity contribution in [1.82, 2.24) is 14.7 Å². The van der Waals surface area contributed by atoms with Gasteiger partial charge in [-0.15, -0.1) is 0 Å². The first-order valence-electron chi connectivity index (χ1n) is 8.95. The highest BCUT2D eigenvalue weighted by atomic mass is 16.5. The zero-order valence-corrected chi connectivity index (χ0v) is 15.3. The SMILES string of the molecule is CN1C(=O)C(CC(=O)N2CCC(OCc3ccccc3)CC2)N(C)C1=O. The second-order valence-electron chi connectivity index (χ2n) is 6.89. The number of urea groups is 1. The molecule has 7 heteroatoms. The van der Waals surface area contributed by atoms with Gasteiger partial charge in [-0.1, -0.05) is 30.3 Å². The minimum Gasteiger partial charge on any atom is -0.373 e. The topological polar surface area (TPSA) is 70.2 Å². The molecule has 26 heavy (non-hydrogen) atoms. The summed E-state index contributed by atoms with van der Waals surface area (Å²) in [4.78, 5) is 40.6. The van der Waals surface area contributed by atoms with Gasteiger partial charge in [0.2, 0.25) is 5.91 Å². The van der Waals surface area contributed by atoms with E-state index in [4.69, 9.17) is 4.74 Å². The van der Waals surface area contributed by atoms with E-state index in [-0.39, 0.29) is 30.4 Å². The van der Waals surface area contributed by atoms with Crippen LogP contribution in [-0.2, 0) is 20.9 Å². The molecule has 4 amide bonds. The van der Waals surface area contributed by atoms with E-state index in [0.717, 1.165) is 23.3 Å². The van der Waals surface area contributed by atoms with Gasteiger partial charge in [-0.3, -0.25) is 14.5 Å². The highest BCUT2D eigenvalue weighted by Gasteiger charge is 2.42. The van der Waals surface area contributed by atoms with E-state index in [0.29, 0.717) is 19.7 Å². The maximum absolute atomic E-state index is 12.5. The first-order chi connectivity index (χ1) is 12.5.